The molecule has 0 N–H and O–H groups in total. The van der Waals surface area contributed by atoms with E-state index in [0.29, 0.717) is 21.6 Å². The highest BCUT2D eigenvalue weighted by Crippen LogP contribution is 2.36. The lowest BCUT2D eigenvalue weighted by Gasteiger charge is -2.27. The zero-order valence-electron chi connectivity index (χ0n) is 15.0. The summed E-state index contributed by atoms with van der Waals surface area (Å²) in [6.45, 7) is 1.78. The largest absolute Gasteiger partial charge is 0.352 e. The number of anilines is 1. The van der Waals surface area contributed by atoms with Gasteiger partial charge in [-0.25, -0.2) is 9.97 Å². The Bertz CT molecular complexity index is 1110. The second kappa shape index (κ2) is 7.11. The number of halogens is 2. The Balaban J connectivity index is 1.64. The second-order valence-corrected chi connectivity index (χ2v) is 7.73. The quantitative estimate of drug-likeness (QED) is 0.491. The Morgan fingerprint density at radius 2 is 2.07 bits per heavy atom. The minimum atomic E-state index is 0.332. The van der Waals surface area contributed by atoms with Gasteiger partial charge in [0.05, 0.1) is 40.2 Å². The molecule has 6 nitrogen and oxygen atoms in total. The third-order valence-electron chi connectivity index (χ3n) is 5.25. The molecule has 4 heterocycles. The van der Waals surface area contributed by atoms with Crippen molar-refractivity contribution < 1.29 is 0 Å². The van der Waals surface area contributed by atoms with Gasteiger partial charge in [-0.2, -0.15) is 5.10 Å². The average Bonchev–Trinajstić information content (AvgIpc) is 3.47. The fraction of sp³-hybridized carbons (Fsp3) is 0.250. The SMILES string of the molecule is Clc1ccc2c(-n3ccnc3)cc(N3CCC[C@H]3Cn3cccn3)nc2c1Cl. The first kappa shape index (κ1) is 17.5. The van der Waals surface area contributed by atoms with Crippen molar-refractivity contribution in [2.45, 2.75) is 25.4 Å². The van der Waals surface area contributed by atoms with Crippen molar-refractivity contribution in [2.75, 3.05) is 11.4 Å². The Morgan fingerprint density at radius 3 is 2.86 bits per heavy atom. The zero-order valence-corrected chi connectivity index (χ0v) is 16.6. The molecule has 0 amide bonds. The van der Waals surface area contributed by atoms with Gasteiger partial charge >= 0.3 is 0 Å². The number of pyridine rings is 1. The van der Waals surface area contributed by atoms with Crippen LogP contribution in [0, 0.1) is 0 Å². The predicted octanol–water partition coefficient (Wildman–Crippen LogP) is 4.59. The summed E-state index contributed by atoms with van der Waals surface area (Å²) in [6.07, 6.45) is 11.5. The monoisotopic (exact) mass is 412 g/mol. The highest BCUT2D eigenvalue weighted by molar-refractivity contribution is 6.45. The van der Waals surface area contributed by atoms with E-state index in [0.717, 1.165) is 42.8 Å². The van der Waals surface area contributed by atoms with E-state index < -0.39 is 0 Å². The van der Waals surface area contributed by atoms with Gasteiger partial charge in [0.15, 0.2) is 0 Å². The number of hydrogen-bond donors (Lipinski definition) is 0. The zero-order chi connectivity index (χ0) is 19.1. The van der Waals surface area contributed by atoms with Gasteiger partial charge in [0.2, 0.25) is 0 Å². The molecule has 8 heteroatoms. The molecule has 1 atom stereocenters. The van der Waals surface area contributed by atoms with Crippen LogP contribution in [0.25, 0.3) is 16.6 Å². The Labute approximate surface area is 172 Å². The number of imidazole rings is 1. The first-order valence-corrected chi connectivity index (χ1v) is 9.97. The minimum absolute atomic E-state index is 0.332. The van der Waals surface area contributed by atoms with E-state index in [1.807, 2.05) is 46.0 Å². The van der Waals surface area contributed by atoms with Crippen molar-refractivity contribution in [1.29, 1.82) is 0 Å². The van der Waals surface area contributed by atoms with E-state index >= 15 is 0 Å². The van der Waals surface area contributed by atoms with Gasteiger partial charge in [0.1, 0.15) is 5.82 Å². The third-order valence-corrected chi connectivity index (χ3v) is 6.04. The topological polar surface area (TPSA) is 51.8 Å². The maximum absolute atomic E-state index is 6.54. The minimum Gasteiger partial charge on any atom is -0.352 e. The van der Waals surface area contributed by atoms with Gasteiger partial charge in [-0.1, -0.05) is 23.2 Å². The second-order valence-electron chi connectivity index (χ2n) is 6.94. The summed E-state index contributed by atoms with van der Waals surface area (Å²) in [4.78, 5) is 11.5. The first-order valence-electron chi connectivity index (χ1n) is 9.22. The van der Waals surface area contributed by atoms with Gasteiger partial charge in [-0.3, -0.25) is 4.68 Å². The highest BCUT2D eigenvalue weighted by atomic mass is 35.5. The number of nitrogens with zero attached hydrogens (tertiary/aromatic N) is 6. The highest BCUT2D eigenvalue weighted by Gasteiger charge is 2.27. The van der Waals surface area contributed by atoms with E-state index in [1.165, 1.54) is 0 Å². The van der Waals surface area contributed by atoms with Crippen LogP contribution in [0.2, 0.25) is 10.0 Å². The molecular weight excluding hydrogens is 395 g/mol. The predicted molar refractivity (Wildman–Crippen MR) is 111 cm³/mol. The van der Waals surface area contributed by atoms with E-state index in [9.17, 15) is 0 Å². The summed E-state index contributed by atoms with van der Waals surface area (Å²) < 4.78 is 3.96. The molecule has 1 aliphatic heterocycles. The van der Waals surface area contributed by atoms with Crippen LogP contribution in [-0.4, -0.2) is 36.9 Å². The van der Waals surface area contributed by atoms with Crippen LogP contribution in [0.1, 0.15) is 12.8 Å². The summed E-state index contributed by atoms with van der Waals surface area (Å²) in [7, 11) is 0. The normalized spacial score (nSPS) is 16.9. The molecule has 0 unspecified atom stereocenters. The molecule has 5 rings (SSSR count). The molecule has 0 saturated carbocycles. The third kappa shape index (κ3) is 3.02. The number of rotatable bonds is 4. The molecule has 28 heavy (non-hydrogen) atoms. The van der Waals surface area contributed by atoms with Crippen molar-refractivity contribution in [3.63, 3.8) is 0 Å². The Kier molecular flexibility index (Phi) is 4.45. The fourth-order valence-electron chi connectivity index (χ4n) is 3.92. The molecule has 1 saturated heterocycles. The lowest BCUT2D eigenvalue weighted by Crippen LogP contribution is -2.33. The number of fused-ring (bicyclic) bond motifs is 1. The van der Waals surface area contributed by atoms with Crippen LogP contribution in [0.5, 0.6) is 0 Å². The summed E-state index contributed by atoms with van der Waals surface area (Å²) in [6, 6.07) is 8.16. The van der Waals surface area contributed by atoms with Gasteiger partial charge in [0.25, 0.3) is 0 Å². The first-order chi connectivity index (χ1) is 13.7. The van der Waals surface area contributed by atoms with Crippen molar-refractivity contribution in [3.8, 4) is 5.69 Å². The van der Waals surface area contributed by atoms with Gasteiger partial charge < -0.3 is 9.47 Å². The lowest BCUT2D eigenvalue weighted by molar-refractivity contribution is 0.507. The van der Waals surface area contributed by atoms with E-state index in [4.69, 9.17) is 28.2 Å². The molecule has 4 aromatic rings. The summed E-state index contributed by atoms with van der Waals surface area (Å²) >= 11 is 12.8. The van der Waals surface area contributed by atoms with E-state index in [2.05, 4.69) is 21.0 Å². The molecular formula is C20H18Cl2N6. The number of benzene rings is 1. The Morgan fingerprint density at radius 1 is 1.14 bits per heavy atom. The molecule has 142 valence electrons. The summed E-state index contributed by atoms with van der Waals surface area (Å²) in [5.74, 6) is 0.898. The molecule has 0 bridgehead atoms. The number of hydrogen-bond acceptors (Lipinski definition) is 4. The van der Waals surface area contributed by atoms with Crippen molar-refractivity contribution in [3.05, 3.63) is 65.4 Å². The standard InChI is InChI=1S/C20H18Cl2N6/c21-16-5-4-15-17(26-10-7-23-13-26)11-18(25-20(15)19(16)22)28-9-1-3-14(28)12-27-8-2-6-24-27/h2,4-8,10-11,13-14H,1,3,9,12H2/t14-/m0/s1. The molecule has 3 aromatic heterocycles. The van der Waals surface area contributed by atoms with Crippen LogP contribution in [0.4, 0.5) is 5.82 Å². The fourth-order valence-corrected chi connectivity index (χ4v) is 4.28. The van der Waals surface area contributed by atoms with E-state index in [1.54, 1.807) is 12.5 Å². The molecule has 1 aliphatic rings. The van der Waals surface area contributed by atoms with Crippen molar-refractivity contribution in [2.24, 2.45) is 0 Å². The smallest absolute Gasteiger partial charge is 0.131 e. The molecule has 0 radical (unpaired) electrons. The van der Waals surface area contributed by atoms with Crippen molar-refractivity contribution in [1.82, 2.24) is 24.3 Å². The van der Waals surface area contributed by atoms with Gasteiger partial charge in [-0.05, 0) is 31.0 Å². The Hall–Kier alpha value is -2.57. The number of aromatic nitrogens is 5. The summed E-state index contributed by atoms with van der Waals surface area (Å²) in [5.41, 5.74) is 1.70. The van der Waals surface area contributed by atoms with Crippen LogP contribution in [-0.2, 0) is 6.54 Å². The van der Waals surface area contributed by atoms with E-state index in [-0.39, 0.29) is 0 Å². The van der Waals surface area contributed by atoms with Crippen molar-refractivity contribution >= 4 is 39.9 Å². The molecule has 1 fully saturated rings. The lowest BCUT2D eigenvalue weighted by atomic mass is 10.1. The maximum Gasteiger partial charge on any atom is 0.131 e. The van der Waals surface area contributed by atoms with Gasteiger partial charge in [-0.15, -0.1) is 0 Å². The van der Waals surface area contributed by atoms with Crippen LogP contribution in [0.3, 0.4) is 0 Å². The summed E-state index contributed by atoms with van der Waals surface area (Å²) in [5, 5.41) is 6.29. The van der Waals surface area contributed by atoms with Crippen LogP contribution >= 0.6 is 23.2 Å². The van der Waals surface area contributed by atoms with Crippen LogP contribution < -0.4 is 4.90 Å². The maximum atomic E-state index is 6.54. The molecule has 0 aliphatic carbocycles. The van der Waals surface area contributed by atoms with Crippen LogP contribution in [0.15, 0.2) is 55.4 Å². The molecule has 0 spiro atoms. The molecule has 1 aromatic carbocycles. The van der Waals surface area contributed by atoms with Gasteiger partial charge in [0, 0.05) is 42.8 Å². The average molecular weight is 413 g/mol.